The lowest BCUT2D eigenvalue weighted by Crippen LogP contribution is -2.47. The Kier molecular flexibility index (Phi) is 3.38. The molecule has 92 valence electrons. The van der Waals surface area contributed by atoms with Gasteiger partial charge in [-0.25, -0.2) is 9.78 Å². The highest BCUT2D eigenvalue weighted by atomic mass is 16.6. The summed E-state index contributed by atoms with van der Waals surface area (Å²) < 4.78 is 9.95. The molecule has 1 aromatic rings. The number of morpholine rings is 1. The fraction of sp³-hybridized carbons (Fsp3) is 0.500. The summed E-state index contributed by atoms with van der Waals surface area (Å²) in [5, 5.41) is 0. The van der Waals surface area contributed by atoms with Gasteiger partial charge in [-0.15, -0.1) is 0 Å². The minimum absolute atomic E-state index is 0.371. The van der Waals surface area contributed by atoms with Crippen molar-refractivity contribution in [2.75, 3.05) is 37.4 Å². The number of hydrogen-bond donors (Lipinski definition) is 1. The Bertz CT molecular complexity index is 412. The van der Waals surface area contributed by atoms with Crippen LogP contribution >= 0.6 is 0 Å². The van der Waals surface area contributed by atoms with Gasteiger partial charge in [0.2, 0.25) is 5.95 Å². The molecule has 0 aromatic carbocycles. The molecular weight excluding hydrogens is 224 g/mol. The number of rotatable bonds is 2. The van der Waals surface area contributed by atoms with Crippen molar-refractivity contribution in [3.63, 3.8) is 0 Å². The van der Waals surface area contributed by atoms with Gasteiger partial charge in [0.05, 0.1) is 20.3 Å². The number of carbonyl (C=O) groups excluding carboxylic acids is 1. The number of esters is 1. The van der Waals surface area contributed by atoms with Gasteiger partial charge in [-0.05, 0) is 6.07 Å². The normalized spacial score (nSPS) is 20.1. The Labute approximate surface area is 98.5 Å². The molecule has 1 aliphatic rings. The minimum atomic E-state index is -0.598. The van der Waals surface area contributed by atoms with E-state index in [9.17, 15) is 4.79 Å². The average molecular weight is 238 g/mol. The molecule has 0 radical (unpaired) electrons. The molecule has 1 aliphatic heterocycles. The molecule has 17 heavy (non-hydrogen) atoms. The lowest BCUT2D eigenvalue weighted by atomic mass is 10.3. The van der Waals surface area contributed by atoms with E-state index in [2.05, 4.69) is 14.7 Å². The number of nitrogen functional groups attached to an aromatic ring is 1. The molecule has 0 spiro atoms. The molecule has 0 saturated carbocycles. The molecule has 7 heteroatoms. The summed E-state index contributed by atoms with van der Waals surface area (Å²) in [5.74, 6) is 0.511. The van der Waals surface area contributed by atoms with Crippen LogP contribution in [0.4, 0.5) is 11.8 Å². The van der Waals surface area contributed by atoms with Crippen LogP contribution in [0.3, 0.4) is 0 Å². The lowest BCUT2D eigenvalue weighted by molar-refractivity contribution is -0.154. The van der Waals surface area contributed by atoms with Crippen molar-refractivity contribution in [3.05, 3.63) is 12.3 Å². The van der Waals surface area contributed by atoms with E-state index in [1.54, 1.807) is 12.3 Å². The number of ether oxygens (including phenoxy) is 2. The largest absolute Gasteiger partial charge is 0.467 e. The quantitative estimate of drug-likeness (QED) is 0.690. The monoisotopic (exact) mass is 238 g/mol. The van der Waals surface area contributed by atoms with Crippen molar-refractivity contribution in [2.45, 2.75) is 6.10 Å². The minimum Gasteiger partial charge on any atom is -0.467 e. The maximum atomic E-state index is 11.4. The second-order valence-electron chi connectivity index (χ2n) is 3.61. The van der Waals surface area contributed by atoms with E-state index in [0.717, 1.165) is 0 Å². The molecule has 1 aromatic heterocycles. The third-order valence-electron chi connectivity index (χ3n) is 2.48. The molecule has 2 rings (SSSR count). The van der Waals surface area contributed by atoms with Crippen LogP contribution in [0.2, 0.25) is 0 Å². The molecule has 2 N–H and O–H groups in total. The topological polar surface area (TPSA) is 90.6 Å². The first kappa shape index (κ1) is 11.6. The fourth-order valence-electron chi connectivity index (χ4n) is 1.62. The van der Waals surface area contributed by atoms with E-state index in [1.165, 1.54) is 7.11 Å². The zero-order valence-corrected chi connectivity index (χ0v) is 9.50. The summed E-state index contributed by atoms with van der Waals surface area (Å²) in [4.78, 5) is 21.4. The van der Waals surface area contributed by atoms with Crippen LogP contribution < -0.4 is 10.6 Å². The van der Waals surface area contributed by atoms with Crippen LogP contribution in [-0.4, -0.2) is 48.8 Å². The molecule has 0 amide bonds. The van der Waals surface area contributed by atoms with E-state index >= 15 is 0 Å². The molecule has 2 heterocycles. The summed E-state index contributed by atoms with van der Waals surface area (Å²) in [6, 6.07) is 1.61. The predicted octanol–water partition coefficient (Wildman–Crippen LogP) is -0.563. The molecule has 7 nitrogen and oxygen atoms in total. The van der Waals surface area contributed by atoms with Crippen molar-refractivity contribution >= 4 is 17.7 Å². The highest BCUT2D eigenvalue weighted by Crippen LogP contribution is 2.14. The molecule has 0 bridgehead atoms. The van der Waals surface area contributed by atoms with Crippen molar-refractivity contribution < 1.29 is 14.3 Å². The molecule has 1 saturated heterocycles. The highest BCUT2D eigenvalue weighted by Gasteiger charge is 2.28. The van der Waals surface area contributed by atoms with Crippen LogP contribution in [0.25, 0.3) is 0 Å². The average Bonchev–Trinajstić information content (AvgIpc) is 2.38. The van der Waals surface area contributed by atoms with Gasteiger partial charge in [0.1, 0.15) is 5.82 Å². The zero-order valence-electron chi connectivity index (χ0n) is 9.50. The second kappa shape index (κ2) is 4.96. The van der Waals surface area contributed by atoms with Gasteiger partial charge in [0.25, 0.3) is 0 Å². The Morgan fingerprint density at radius 3 is 3.24 bits per heavy atom. The predicted molar refractivity (Wildman–Crippen MR) is 60.4 cm³/mol. The van der Waals surface area contributed by atoms with Crippen LogP contribution in [0.1, 0.15) is 0 Å². The van der Waals surface area contributed by atoms with Gasteiger partial charge < -0.3 is 20.1 Å². The van der Waals surface area contributed by atoms with Crippen LogP contribution in [0.5, 0.6) is 0 Å². The van der Waals surface area contributed by atoms with Crippen molar-refractivity contribution in [1.82, 2.24) is 9.97 Å². The summed E-state index contributed by atoms with van der Waals surface area (Å²) >= 11 is 0. The maximum absolute atomic E-state index is 11.4. The molecular formula is C10H14N4O3. The van der Waals surface area contributed by atoms with E-state index in [4.69, 9.17) is 10.5 Å². The van der Waals surface area contributed by atoms with Crippen LogP contribution in [0.15, 0.2) is 12.3 Å². The van der Waals surface area contributed by atoms with Gasteiger partial charge in [-0.2, -0.15) is 4.98 Å². The Morgan fingerprint density at radius 2 is 2.53 bits per heavy atom. The number of nitrogens with zero attached hydrogens (tertiary/aromatic N) is 3. The number of nitrogens with two attached hydrogens (primary N) is 1. The Morgan fingerprint density at radius 1 is 1.71 bits per heavy atom. The van der Waals surface area contributed by atoms with Crippen molar-refractivity contribution in [1.29, 1.82) is 0 Å². The highest BCUT2D eigenvalue weighted by molar-refractivity contribution is 5.75. The SMILES string of the molecule is COC(=O)C1CN(c2nccc(N)n2)CCO1. The van der Waals surface area contributed by atoms with Crippen molar-refractivity contribution in [3.8, 4) is 0 Å². The zero-order chi connectivity index (χ0) is 12.3. The third-order valence-corrected chi connectivity index (χ3v) is 2.48. The number of hydrogen-bond acceptors (Lipinski definition) is 7. The second-order valence-corrected chi connectivity index (χ2v) is 3.61. The summed E-state index contributed by atoms with van der Waals surface area (Å²) in [5.41, 5.74) is 5.59. The first-order valence-corrected chi connectivity index (χ1v) is 5.23. The van der Waals surface area contributed by atoms with E-state index in [-0.39, 0.29) is 0 Å². The van der Waals surface area contributed by atoms with Crippen LogP contribution in [0, 0.1) is 0 Å². The number of aromatic nitrogens is 2. The number of methoxy groups -OCH3 is 1. The molecule has 0 aliphatic carbocycles. The molecule has 1 unspecified atom stereocenters. The summed E-state index contributed by atoms with van der Waals surface area (Å²) in [7, 11) is 1.33. The third kappa shape index (κ3) is 2.62. The summed E-state index contributed by atoms with van der Waals surface area (Å²) in [6.45, 7) is 1.42. The van der Waals surface area contributed by atoms with Crippen molar-refractivity contribution in [2.24, 2.45) is 0 Å². The van der Waals surface area contributed by atoms with Gasteiger partial charge in [0.15, 0.2) is 6.10 Å². The number of anilines is 2. The first-order chi connectivity index (χ1) is 8.20. The van der Waals surface area contributed by atoms with Gasteiger partial charge in [-0.1, -0.05) is 0 Å². The van der Waals surface area contributed by atoms with E-state index < -0.39 is 12.1 Å². The standard InChI is InChI=1S/C10H14N4O3/c1-16-9(15)7-6-14(4-5-17-7)10-12-3-2-8(11)13-10/h2-3,7H,4-6H2,1H3,(H2,11,12,13). The van der Waals surface area contributed by atoms with E-state index in [1.807, 2.05) is 4.90 Å². The van der Waals surface area contributed by atoms with Gasteiger partial charge >= 0.3 is 5.97 Å². The lowest BCUT2D eigenvalue weighted by Gasteiger charge is -2.31. The Hall–Kier alpha value is -1.89. The molecule has 1 atom stereocenters. The van der Waals surface area contributed by atoms with Gasteiger partial charge in [0, 0.05) is 12.7 Å². The summed E-state index contributed by atoms with van der Waals surface area (Å²) in [6.07, 6.45) is 0.985. The molecule has 1 fully saturated rings. The van der Waals surface area contributed by atoms with Crippen LogP contribution in [-0.2, 0) is 14.3 Å². The number of carbonyl (C=O) groups is 1. The van der Waals surface area contributed by atoms with E-state index in [0.29, 0.717) is 31.5 Å². The smallest absolute Gasteiger partial charge is 0.336 e. The fourth-order valence-corrected chi connectivity index (χ4v) is 1.62. The van der Waals surface area contributed by atoms with Gasteiger partial charge in [-0.3, -0.25) is 0 Å². The Balaban J connectivity index is 2.09. The maximum Gasteiger partial charge on any atom is 0.336 e. The first-order valence-electron chi connectivity index (χ1n) is 5.23.